The minimum absolute atomic E-state index is 0.0374. The number of aliphatic hydroxyl groups is 1. The van der Waals surface area contributed by atoms with E-state index in [0.717, 1.165) is 53.7 Å². The molecule has 2 fully saturated rings. The van der Waals surface area contributed by atoms with Crippen LogP contribution in [-0.4, -0.2) is 101 Å². The number of aromatic nitrogens is 2. The van der Waals surface area contributed by atoms with E-state index < -0.39 is 41.3 Å². The minimum Gasteiger partial charge on any atom is -0.391 e. The first kappa shape index (κ1) is 35.9. The Balaban J connectivity index is 1.18. The summed E-state index contributed by atoms with van der Waals surface area (Å²) < 4.78 is 0. The molecule has 4 atom stereocenters. The number of amides is 4. The normalized spacial score (nSPS) is 19.2. The summed E-state index contributed by atoms with van der Waals surface area (Å²) in [5.74, 6) is -1.10. The number of carbonyl (C=O) groups excluding carboxylic acids is 4. The maximum Gasteiger partial charge on any atom is 0.253 e. The Morgan fingerprint density at radius 3 is 2.37 bits per heavy atom. The molecule has 49 heavy (non-hydrogen) atoms. The molecule has 2 aromatic heterocycles. The third kappa shape index (κ3) is 8.80. The Labute approximate surface area is 290 Å². The van der Waals surface area contributed by atoms with Crippen LogP contribution >= 0.6 is 11.3 Å². The summed E-state index contributed by atoms with van der Waals surface area (Å²) in [6.45, 7) is 12.3. The molecule has 5 rings (SSSR count). The molecule has 14 heteroatoms. The lowest BCUT2D eigenvalue weighted by Crippen LogP contribution is -2.58. The number of rotatable bonds is 10. The van der Waals surface area contributed by atoms with Crippen molar-refractivity contribution >= 4 is 40.8 Å². The second-order valence-corrected chi connectivity index (χ2v) is 14.6. The number of piperazine rings is 1. The van der Waals surface area contributed by atoms with Crippen molar-refractivity contribution in [3.05, 3.63) is 64.9 Å². The van der Waals surface area contributed by atoms with Gasteiger partial charge in [0.1, 0.15) is 17.9 Å². The van der Waals surface area contributed by atoms with Gasteiger partial charge in [0.25, 0.3) is 5.91 Å². The van der Waals surface area contributed by atoms with Crippen LogP contribution in [0.1, 0.15) is 61.8 Å². The number of carbonyl (C=O) groups is 4. The maximum atomic E-state index is 14.0. The van der Waals surface area contributed by atoms with Crippen LogP contribution < -0.4 is 26.2 Å². The van der Waals surface area contributed by atoms with Crippen LogP contribution in [0.25, 0.3) is 10.4 Å². The van der Waals surface area contributed by atoms with Crippen LogP contribution in [-0.2, 0) is 14.4 Å². The molecule has 13 nitrogen and oxygen atoms in total. The number of thiazole rings is 1. The van der Waals surface area contributed by atoms with Gasteiger partial charge in [0.05, 0.1) is 40.3 Å². The average Bonchev–Trinajstić information content (AvgIpc) is 3.71. The van der Waals surface area contributed by atoms with Gasteiger partial charge >= 0.3 is 0 Å². The van der Waals surface area contributed by atoms with Crippen LogP contribution in [0.4, 0.5) is 5.82 Å². The summed E-state index contributed by atoms with van der Waals surface area (Å²) in [6, 6.07) is 9.06. The van der Waals surface area contributed by atoms with Gasteiger partial charge in [-0.25, -0.2) is 9.97 Å². The molecular formula is C35H46N8O5S. The highest BCUT2D eigenvalue weighted by atomic mass is 32.1. The van der Waals surface area contributed by atoms with Crippen molar-refractivity contribution in [2.24, 2.45) is 5.41 Å². The number of benzene rings is 1. The van der Waals surface area contributed by atoms with Crippen molar-refractivity contribution in [3.8, 4) is 10.4 Å². The van der Waals surface area contributed by atoms with Crippen LogP contribution in [0.15, 0.2) is 48.1 Å². The largest absolute Gasteiger partial charge is 0.391 e. The molecular weight excluding hydrogens is 645 g/mol. The van der Waals surface area contributed by atoms with Crippen molar-refractivity contribution in [2.45, 2.75) is 65.3 Å². The molecule has 3 aromatic rings. The molecule has 4 amide bonds. The molecule has 0 radical (unpaired) electrons. The lowest BCUT2D eigenvalue weighted by Gasteiger charge is -2.35. The SMILES string of the molecule is Cc1ncsc1-c1ccc([C@H](C)NC(=O)[C@@H]2C[C@@H](O)CN2C(=O)[C@@H](NC(=O)CNC(=O)c2ccc(N3CCNCC3)nc2)C(C)(C)C)cc1. The lowest BCUT2D eigenvalue weighted by atomic mass is 9.85. The highest BCUT2D eigenvalue weighted by Gasteiger charge is 2.44. The highest BCUT2D eigenvalue weighted by Crippen LogP contribution is 2.29. The smallest absolute Gasteiger partial charge is 0.253 e. The molecule has 0 spiro atoms. The summed E-state index contributed by atoms with van der Waals surface area (Å²) in [5.41, 5.74) is 4.29. The van der Waals surface area contributed by atoms with Crippen LogP contribution in [0, 0.1) is 12.3 Å². The fourth-order valence-electron chi connectivity index (χ4n) is 6.09. The topological polar surface area (TPSA) is 169 Å². The van der Waals surface area contributed by atoms with Crippen molar-refractivity contribution in [2.75, 3.05) is 44.2 Å². The van der Waals surface area contributed by atoms with Gasteiger partial charge < -0.3 is 36.2 Å². The number of nitrogens with one attached hydrogen (secondary N) is 4. The van der Waals surface area contributed by atoms with E-state index in [1.54, 1.807) is 44.2 Å². The Hall–Kier alpha value is -4.40. The van der Waals surface area contributed by atoms with Gasteiger partial charge in [-0.05, 0) is 42.5 Å². The Kier molecular flexibility index (Phi) is 11.3. The first-order valence-electron chi connectivity index (χ1n) is 16.6. The fourth-order valence-corrected chi connectivity index (χ4v) is 6.90. The Morgan fingerprint density at radius 1 is 1.04 bits per heavy atom. The number of likely N-dealkylation sites (tertiary alicyclic amines) is 1. The first-order valence-corrected chi connectivity index (χ1v) is 17.5. The van der Waals surface area contributed by atoms with Gasteiger partial charge in [-0.3, -0.25) is 19.2 Å². The third-order valence-electron chi connectivity index (χ3n) is 8.92. The van der Waals surface area contributed by atoms with E-state index in [2.05, 4.69) is 36.1 Å². The zero-order chi connectivity index (χ0) is 35.3. The average molecular weight is 691 g/mol. The monoisotopic (exact) mass is 690 g/mol. The predicted molar refractivity (Wildman–Crippen MR) is 188 cm³/mol. The van der Waals surface area contributed by atoms with E-state index in [1.807, 2.05) is 43.6 Å². The molecule has 5 N–H and O–H groups in total. The Morgan fingerprint density at radius 2 is 1.76 bits per heavy atom. The molecule has 2 aliphatic rings. The zero-order valence-corrected chi connectivity index (χ0v) is 29.5. The number of nitrogens with zero attached hydrogens (tertiary/aromatic N) is 4. The lowest BCUT2D eigenvalue weighted by molar-refractivity contribution is -0.144. The summed E-state index contributed by atoms with van der Waals surface area (Å²) in [6.07, 6.45) is 0.672. The second kappa shape index (κ2) is 15.4. The van der Waals surface area contributed by atoms with Crippen molar-refractivity contribution < 1.29 is 24.3 Å². The summed E-state index contributed by atoms with van der Waals surface area (Å²) >= 11 is 1.57. The quantitative estimate of drug-likeness (QED) is 0.214. The van der Waals surface area contributed by atoms with Crippen molar-refractivity contribution in [3.63, 3.8) is 0 Å². The number of hydrogen-bond donors (Lipinski definition) is 5. The highest BCUT2D eigenvalue weighted by molar-refractivity contribution is 7.13. The van der Waals surface area contributed by atoms with E-state index in [9.17, 15) is 24.3 Å². The molecule has 2 aliphatic heterocycles. The number of aliphatic hydroxyl groups excluding tert-OH is 1. The molecule has 2 saturated heterocycles. The number of hydrogen-bond acceptors (Lipinski definition) is 10. The van der Waals surface area contributed by atoms with Crippen molar-refractivity contribution in [1.29, 1.82) is 0 Å². The van der Waals surface area contributed by atoms with Gasteiger partial charge in [-0.2, -0.15) is 0 Å². The van der Waals surface area contributed by atoms with Crippen LogP contribution in [0.5, 0.6) is 0 Å². The number of anilines is 1. The van der Waals surface area contributed by atoms with Gasteiger partial charge in [0.15, 0.2) is 0 Å². The standard InChI is InChI=1S/C35H46N8O5S/c1-21(23-6-8-24(9-7-23)30-22(2)39-20-49-30)40-33(47)27-16-26(44)19-43(27)34(48)31(35(3,4)5)41-29(45)18-38-32(46)25-10-11-28(37-17-25)42-14-12-36-13-15-42/h6-11,17,20-21,26-27,31,36,44H,12-16,18-19H2,1-5H3,(H,38,46)(H,40,47)(H,41,45)/t21-,26+,27-,31+/m0/s1. The molecule has 0 saturated carbocycles. The van der Waals surface area contributed by atoms with E-state index in [0.29, 0.717) is 5.56 Å². The third-order valence-corrected chi connectivity index (χ3v) is 9.90. The zero-order valence-electron chi connectivity index (χ0n) is 28.7. The number of pyridine rings is 1. The molecule has 1 aromatic carbocycles. The fraction of sp³-hybridized carbons (Fsp3) is 0.486. The van der Waals surface area contributed by atoms with Gasteiger partial charge in [-0.15, -0.1) is 11.3 Å². The Bertz CT molecular complexity index is 1630. The molecule has 262 valence electrons. The van der Waals surface area contributed by atoms with Crippen molar-refractivity contribution in [1.82, 2.24) is 36.1 Å². The van der Waals surface area contributed by atoms with Gasteiger partial charge in [0, 0.05) is 45.3 Å². The predicted octanol–water partition coefficient (Wildman–Crippen LogP) is 2.02. The van der Waals surface area contributed by atoms with E-state index in [1.165, 1.54) is 11.1 Å². The minimum atomic E-state index is -1.02. The summed E-state index contributed by atoms with van der Waals surface area (Å²) in [7, 11) is 0. The van der Waals surface area contributed by atoms with Crippen LogP contribution in [0.2, 0.25) is 0 Å². The second-order valence-electron chi connectivity index (χ2n) is 13.7. The van der Waals surface area contributed by atoms with Gasteiger partial charge in [-0.1, -0.05) is 45.0 Å². The van der Waals surface area contributed by atoms with Gasteiger partial charge in [0.2, 0.25) is 17.7 Å². The van der Waals surface area contributed by atoms with E-state index in [-0.39, 0.29) is 31.5 Å². The molecule has 4 heterocycles. The molecule has 0 unspecified atom stereocenters. The summed E-state index contributed by atoms with van der Waals surface area (Å²) in [4.78, 5) is 66.6. The number of β-amino-alcohol motifs (C(OH)–C–C–N with tert-alkyl or cyclic N) is 1. The maximum absolute atomic E-state index is 14.0. The molecule has 0 bridgehead atoms. The first-order chi connectivity index (χ1) is 23.3. The van der Waals surface area contributed by atoms with E-state index in [4.69, 9.17) is 0 Å². The summed E-state index contributed by atoms with van der Waals surface area (Å²) in [5, 5.41) is 22.2. The van der Waals surface area contributed by atoms with Crippen LogP contribution in [0.3, 0.4) is 0 Å². The van der Waals surface area contributed by atoms with E-state index >= 15 is 0 Å². The molecule has 0 aliphatic carbocycles. The number of aryl methyl sites for hydroxylation is 1.